The minimum atomic E-state index is 0.236. The van der Waals surface area contributed by atoms with Crippen LogP contribution in [0.3, 0.4) is 0 Å². The second kappa shape index (κ2) is 3.57. The zero-order valence-electron chi connectivity index (χ0n) is 8.33. The molecule has 0 atom stereocenters. The first kappa shape index (κ1) is 9.73. The maximum absolute atomic E-state index is 5.24. The molecule has 0 fully saturated rings. The molecule has 0 aliphatic rings. The number of aromatic nitrogens is 2. The van der Waals surface area contributed by atoms with Crippen molar-refractivity contribution in [2.45, 2.75) is 27.2 Å². The molecule has 0 N–H and O–H groups in total. The predicted molar refractivity (Wildman–Crippen MR) is 53.1 cm³/mol. The summed E-state index contributed by atoms with van der Waals surface area (Å²) in [5.74, 6) is 2.50. The van der Waals surface area contributed by atoms with Gasteiger partial charge in [-0.3, -0.25) is 0 Å². The summed E-state index contributed by atoms with van der Waals surface area (Å²) in [6.45, 7) is 6.51. The van der Waals surface area contributed by atoms with Crippen LogP contribution in [0.15, 0.2) is 12.4 Å². The third-order valence-corrected chi connectivity index (χ3v) is 1.58. The molecule has 1 aromatic heterocycles. The normalized spacial score (nSPS) is 10.9. The van der Waals surface area contributed by atoms with Crippen LogP contribution in [0, 0.1) is 17.8 Å². The average molecular weight is 174 g/mol. The van der Waals surface area contributed by atoms with Crippen molar-refractivity contribution in [2.75, 3.05) is 0 Å². The Kier molecular flexibility index (Phi) is 2.67. The Balaban J connectivity index is 2.86. The second-order valence-corrected chi connectivity index (χ2v) is 4.28. The van der Waals surface area contributed by atoms with Crippen LogP contribution in [-0.4, -0.2) is 9.97 Å². The van der Waals surface area contributed by atoms with Crippen molar-refractivity contribution in [3.8, 4) is 12.3 Å². The van der Waals surface area contributed by atoms with Crippen molar-refractivity contribution in [3.63, 3.8) is 0 Å². The highest BCUT2D eigenvalue weighted by molar-refractivity contribution is 5.25. The molecule has 1 aromatic rings. The molecule has 1 rings (SSSR count). The highest BCUT2D eigenvalue weighted by atomic mass is 14.8. The van der Waals surface area contributed by atoms with E-state index < -0.39 is 0 Å². The van der Waals surface area contributed by atoms with Crippen LogP contribution in [0.25, 0.3) is 0 Å². The van der Waals surface area contributed by atoms with Crippen LogP contribution in [0.4, 0.5) is 0 Å². The fourth-order valence-corrected chi connectivity index (χ4v) is 1.12. The Labute approximate surface area is 79.4 Å². The van der Waals surface area contributed by atoms with Crippen molar-refractivity contribution in [1.29, 1.82) is 0 Å². The van der Waals surface area contributed by atoms with Crippen molar-refractivity contribution < 1.29 is 0 Å². The van der Waals surface area contributed by atoms with Gasteiger partial charge >= 0.3 is 0 Å². The molecule has 2 nitrogen and oxygen atoms in total. The van der Waals surface area contributed by atoms with Crippen molar-refractivity contribution in [2.24, 2.45) is 5.41 Å². The Morgan fingerprint density at radius 2 is 2.08 bits per heavy atom. The molecule has 0 saturated heterocycles. The van der Waals surface area contributed by atoms with E-state index in [1.165, 1.54) is 6.33 Å². The minimum Gasteiger partial charge on any atom is -0.241 e. The van der Waals surface area contributed by atoms with Gasteiger partial charge in [0.25, 0.3) is 0 Å². The first-order valence-corrected chi connectivity index (χ1v) is 4.29. The van der Waals surface area contributed by atoms with Gasteiger partial charge in [-0.05, 0) is 17.9 Å². The van der Waals surface area contributed by atoms with E-state index in [2.05, 4.69) is 36.7 Å². The van der Waals surface area contributed by atoms with Crippen LogP contribution in [-0.2, 0) is 6.42 Å². The van der Waals surface area contributed by atoms with E-state index in [1.54, 1.807) is 0 Å². The lowest BCUT2D eigenvalue weighted by molar-refractivity contribution is 0.406. The summed E-state index contributed by atoms with van der Waals surface area (Å²) in [7, 11) is 0. The lowest BCUT2D eigenvalue weighted by Gasteiger charge is -2.16. The molecule has 0 aliphatic heterocycles. The number of terminal acetylenes is 1. The molecule has 13 heavy (non-hydrogen) atoms. The van der Waals surface area contributed by atoms with Gasteiger partial charge in [-0.1, -0.05) is 26.7 Å². The van der Waals surface area contributed by atoms with E-state index in [9.17, 15) is 0 Å². The standard InChI is InChI=1S/C11H14N2/c1-5-9-6-10(13-8-12-9)7-11(2,3)4/h1,6,8H,7H2,2-4H3. The van der Waals surface area contributed by atoms with Crippen LogP contribution in [0.5, 0.6) is 0 Å². The third kappa shape index (κ3) is 3.25. The predicted octanol–water partition coefficient (Wildman–Crippen LogP) is 2.05. The zero-order valence-corrected chi connectivity index (χ0v) is 8.33. The maximum Gasteiger partial charge on any atom is 0.117 e. The number of hydrogen-bond acceptors (Lipinski definition) is 2. The molecule has 0 aromatic carbocycles. The van der Waals surface area contributed by atoms with E-state index in [4.69, 9.17) is 6.42 Å². The molecule has 68 valence electrons. The van der Waals surface area contributed by atoms with E-state index >= 15 is 0 Å². The maximum atomic E-state index is 5.24. The molecule has 0 spiro atoms. The van der Waals surface area contributed by atoms with Gasteiger partial charge in [0.05, 0.1) is 0 Å². The van der Waals surface area contributed by atoms with Crippen LogP contribution >= 0.6 is 0 Å². The van der Waals surface area contributed by atoms with E-state index in [0.29, 0.717) is 5.69 Å². The first-order chi connectivity index (χ1) is 6.01. The van der Waals surface area contributed by atoms with Crippen LogP contribution in [0.1, 0.15) is 32.2 Å². The summed E-state index contributed by atoms with van der Waals surface area (Å²) in [5, 5.41) is 0. The number of nitrogens with zero attached hydrogens (tertiary/aromatic N) is 2. The highest BCUT2D eigenvalue weighted by Crippen LogP contribution is 2.18. The monoisotopic (exact) mass is 174 g/mol. The lowest BCUT2D eigenvalue weighted by Crippen LogP contribution is -2.10. The SMILES string of the molecule is C#Cc1cc(CC(C)(C)C)ncn1. The number of hydrogen-bond donors (Lipinski definition) is 0. The van der Waals surface area contributed by atoms with Crippen LogP contribution in [0.2, 0.25) is 0 Å². The fourth-order valence-electron chi connectivity index (χ4n) is 1.12. The van der Waals surface area contributed by atoms with Crippen LogP contribution < -0.4 is 0 Å². The van der Waals surface area contributed by atoms with Gasteiger partial charge in [-0.15, -0.1) is 6.42 Å². The molecule has 0 radical (unpaired) electrons. The molecule has 2 heteroatoms. The van der Waals surface area contributed by atoms with Gasteiger partial charge in [-0.2, -0.15) is 0 Å². The Morgan fingerprint density at radius 1 is 1.38 bits per heavy atom. The molecule has 0 saturated carbocycles. The van der Waals surface area contributed by atoms with E-state index in [0.717, 1.165) is 12.1 Å². The fraction of sp³-hybridized carbons (Fsp3) is 0.455. The second-order valence-electron chi connectivity index (χ2n) is 4.28. The molecular formula is C11H14N2. The smallest absolute Gasteiger partial charge is 0.117 e. The average Bonchev–Trinajstić information content (AvgIpc) is 2.01. The van der Waals surface area contributed by atoms with Gasteiger partial charge in [-0.25, -0.2) is 9.97 Å². The van der Waals surface area contributed by atoms with Gasteiger partial charge in [0.1, 0.15) is 12.0 Å². The minimum absolute atomic E-state index is 0.236. The van der Waals surface area contributed by atoms with E-state index in [-0.39, 0.29) is 5.41 Å². The quantitative estimate of drug-likeness (QED) is 0.609. The molecule has 0 unspecified atom stereocenters. The molecule has 0 aliphatic carbocycles. The largest absolute Gasteiger partial charge is 0.241 e. The molecule has 0 amide bonds. The molecular weight excluding hydrogens is 160 g/mol. The zero-order chi connectivity index (χ0) is 9.90. The summed E-state index contributed by atoms with van der Waals surface area (Å²) in [6.07, 6.45) is 7.69. The van der Waals surface area contributed by atoms with Gasteiger partial charge in [0, 0.05) is 5.69 Å². The topological polar surface area (TPSA) is 25.8 Å². The van der Waals surface area contributed by atoms with Crippen molar-refractivity contribution in [1.82, 2.24) is 9.97 Å². The molecule has 0 bridgehead atoms. The Bertz CT molecular complexity index is 329. The summed E-state index contributed by atoms with van der Waals surface area (Å²) < 4.78 is 0. The number of rotatable bonds is 1. The van der Waals surface area contributed by atoms with E-state index in [1.807, 2.05) is 6.07 Å². The van der Waals surface area contributed by atoms with Crippen molar-refractivity contribution in [3.05, 3.63) is 23.8 Å². The summed E-state index contributed by atoms with van der Waals surface area (Å²) in [5.41, 5.74) is 1.91. The first-order valence-electron chi connectivity index (χ1n) is 4.29. The summed E-state index contributed by atoms with van der Waals surface area (Å²) in [6, 6.07) is 1.87. The Morgan fingerprint density at radius 3 is 2.62 bits per heavy atom. The van der Waals surface area contributed by atoms with Gasteiger partial charge < -0.3 is 0 Å². The summed E-state index contributed by atoms with van der Waals surface area (Å²) in [4.78, 5) is 8.11. The Hall–Kier alpha value is -1.36. The lowest BCUT2D eigenvalue weighted by atomic mass is 9.90. The van der Waals surface area contributed by atoms with Crippen molar-refractivity contribution >= 4 is 0 Å². The summed E-state index contributed by atoms with van der Waals surface area (Å²) >= 11 is 0. The molecule has 1 heterocycles. The van der Waals surface area contributed by atoms with Gasteiger partial charge in [0.2, 0.25) is 0 Å². The highest BCUT2D eigenvalue weighted by Gasteiger charge is 2.12. The van der Waals surface area contributed by atoms with Gasteiger partial charge in [0.15, 0.2) is 0 Å². The third-order valence-electron chi connectivity index (χ3n) is 1.58.